The second-order valence-corrected chi connectivity index (χ2v) is 5.93. The molecule has 2 atom stereocenters. The molecule has 1 nitrogen and oxygen atoms in total. The van der Waals surface area contributed by atoms with Crippen LogP contribution in [0.1, 0.15) is 29.3 Å². The Morgan fingerprint density at radius 2 is 1.83 bits per heavy atom. The third-order valence-corrected chi connectivity index (χ3v) is 4.38. The minimum absolute atomic E-state index is 0.168. The van der Waals surface area contributed by atoms with Crippen LogP contribution < -0.4 is 0 Å². The topological polar surface area (TPSA) is 12.9 Å². The third-order valence-electron chi connectivity index (χ3n) is 2.93. The number of hydrogen-bond acceptors (Lipinski definition) is 1. The molecule has 2 rings (SSSR count). The summed E-state index contributed by atoms with van der Waals surface area (Å²) in [5, 5.41) is 0.525. The summed E-state index contributed by atoms with van der Waals surface area (Å²) < 4.78 is 0.981. The van der Waals surface area contributed by atoms with E-state index in [0.717, 1.165) is 15.6 Å². The standard InChI is InChI=1S/C14H12BrCl2N/c1-9(10-4-6-18-7-5-10)14(17)12-8-11(15)2-3-13(12)16/h2-9,14H,1H3. The first-order valence-corrected chi connectivity index (χ1v) is 7.19. The van der Waals surface area contributed by atoms with E-state index in [9.17, 15) is 0 Å². The molecule has 0 radical (unpaired) electrons. The van der Waals surface area contributed by atoms with Crippen LogP contribution in [-0.2, 0) is 0 Å². The Morgan fingerprint density at radius 1 is 1.17 bits per heavy atom. The predicted octanol–water partition coefficient (Wildman–Crippen LogP) is 5.58. The lowest BCUT2D eigenvalue weighted by atomic mass is 9.94. The van der Waals surface area contributed by atoms with Gasteiger partial charge in [0.25, 0.3) is 0 Å². The van der Waals surface area contributed by atoms with Crippen molar-refractivity contribution in [1.29, 1.82) is 0 Å². The van der Waals surface area contributed by atoms with Gasteiger partial charge < -0.3 is 0 Å². The number of nitrogens with zero attached hydrogens (tertiary/aromatic N) is 1. The quantitative estimate of drug-likeness (QED) is 0.662. The van der Waals surface area contributed by atoms with Gasteiger partial charge in [0.1, 0.15) is 0 Å². The molecule has 94 valence electrons. The second kappa shape index (κ2) is 6.05. The SMILES string of the molecule is CC(c1ccncc1)C(Cl)c1cc(Br)ccc1Cl. The van der Waals surface area contributed by atoms with Gasteiger partial charge in [0.05, 0.1) is 5.38 Å². The summed E-state index contributed by atoms with van der Waals surface area (Å²) in [5.74, 6) is 0.168. The zero-order chi connectivity index (χ0) is 13.1. The van der Waals surface area contributed by atoms with Gasteiger partial charge in [0.2, 0.25) is 0 Å². The van der Waals surface area contributed by atoms with Crippen molar-refractivity contribution in [3.8, 4) is 0 Å². The minimum Gasteiger partial charge on any atom is -0.265 e. The van der Waals surface area contributed by atoms with Gasteiger partial charge in [-0.1, -0.05) is 34.5 Å². The van der Waals surface area contributed by atoms with E-state index in [1.165, 1.54) is 0 Å². The van der Waals surface area contributed by atoms with Crippen molar-refractivity contribution in [2.75, 3.05) is 0 Å². The van der Waals surface area contributed by atoms with Crippen molar-refractivity contribution in [1.82, 2.24) is 4.98 Å². The molecule has 0 aliphatic rings. The largest absolute Gasteiger partial charge is 0.265 e. The number of benzene rings is 1. The zero-order valence-electron chi connectivity index (χ0n) is 9.78. The summed E-state index contributed by atoms with van der Waals surface area (Å²) in [6.07, 6.45) is 3.55. The second-order valence-electron chi connectivity index (χ2n) is 4.14. The van der Waals surface area contributed by atoms with E-state index in [2.05, 4.69) is 27.8 Å². The average molecular weight is 345 g/mol. The Morgan fingerprint density at radius 3 is 2.50 bits per heavy atom. The van der Waals surface area contributed by atoms with Crippen molar-refractivity contribution in [2.45, 2.75) is 18.2 Å². The van der Waals surface area contributed by atoms with Gasteiger partial charge >= 0.3 is 0 Å². The first-order valence-electron chi connectivity index (χ1n) is 5.58. The van der Waals surface area contributed by atoms with Crippen LogP contribution in [0, 0.1) is 0 Å². The van der Waals surface area contributed by atoms with E-state index in [4.69, 9.17) is 23.2 Å². The van der Waals surface area contributed by atoms with Crippen molar-refractivity contribution in [2.24, 2.45) is 0 Å². The van der Waals surface area contributed by atoms with E-state index < -0.39 is 0 Å². The maximum atomic E-state index is 6.54. The molecule has 0 aliphatic carbocycles. The van der Waals surface area contributed by atoms with Gasteiger partial charge in [-0.2, -0.15) is 0 Å². The maximum Gasteiger partial charge on any atom is 0.0666 e. The highest BCUT2D eigenvalue weighted by Crippen LogP contribution is 2.39. The van der Waals surface area contributed by atoms with E-state index in [1.807, 2.05) is 30.3 Å². The van der Waals surface area contributed by atoms with Crippen LogP contribution in [0.15, 0.2) is 47.2 Å². The lowest BCUT2D eigenvalue weighted by molar-refractivity contribution is 0.730. The summed E-state index contributed by atoms with van der Waals surface area (Å²) in [7, 11) is 0. The summed E-state index contributed by atoms with van der Waals surface area (Å²) in [4.78, 5) is 4.01. The summed E-state index contributed by atoms with van der Waals surface area (Å²) in [6.45, 7) is 2.09. The highest BCUT2D eigenvalue weighted by molar-refractivity contribution is 9.10. The molecular weight excluding hydrogens is 333 g/mol. The fourth-order valence-electron chi connectivity index (χ4n) is 1.83. The minimum atomic E-state index is -0.169. The molecule has 1 aromatic carbocycles. The zero-order valence-corrected chi connectivity index (χ0v) is 12.9. The maximum absolute atomic E-state index is 6.54. The van der Waals surface area contributed by atoms with Crippen LogP contribution in [0.25, 0.3) is 0 Å². The first-order chi connectivity index (χ1) is 8.59. The first kappa shape index (κ1) is 13.9. The lowest BCUT2D eigenvalue weighted by Gasteiger charge is -2.20. The Bertz CT molecular complexity index is 531. The van der Waals surface area contributed by atoms with Crippen LogP contribution in [0.4, 0.5) is 0 Å². The van der Waals surface area contributed by atoms with Gasteiger partial charge in [-0.15, -0.1) is 11.6 Å². The summed E-state index contributed by atoms with van der Waals surface area (Å²) >= 11 is 16.2. The molecule has 1 heterocycles. The van der Waals surface area contributed by atoms with Gasteiger partial charge in [-0.3, -0.25) is 4.98 Å². The van der Waals surface area contributed by atoms with Crippen LogP contribution >= 0.6 is 39.1 Å². The normalized spacial score (nSPS) is 14.2. The smallest absolute Gasteiger partial charge is 0.0666 e. The number of hydrogen-bond donors (Lipinski definition) is 0. The number of halogens is 3. The van der Waals surface area contributed by atoms with Crippen LogP contribution in [0.5, 0.6) is 0 Å². The molecule has 0 spiro atoms. The molecule has 2 aromatic rings. The molecule has 1 aromatic heterocycles. The molecule has 0 N–H and O–H groups in total. The molecular formula is C14H12BrCl2N. The average Bonchev–Trinajstić information content (AvgIpc) is 2.41. The third kappa shape index (κ3) is 3.05. The van der Waals surface area contributed by atoms with E-state index in [0.29, 0.717) is 5.02 Å². The van der Waals surface area contributed by atoms with Gasteiger partial charge in [0, 0.05) is 27.8 Å². The van der Waals surface area contributed by atoms with E-state index in [1.54, 1.807) is 12.4 Å². The number of aromatic nitrogens is 1. The van der Waals surface area contributed by atoms with E-state index >= 15 is 0 Å². The fraction of sp³-hybridized carbons (Fsp3) is 0.214. The number of alkyl halides is 1. The molecule has 4 heteroatoms. The number of rotatable bonds is 3. The highest BCUT2D eigenvalue weighted by Gasteiger charge is 2.20. The van der Waals surface area contributed by atoms with Gasteiger partial charge in [0.15, 0.2) is 0 Å². The molecule has 0 bridgehead atoms. The van der Waals surface area contributed by atoms with Crippen molar-refractivity contribution in [3.05, 3.63) is 63.3 Å². The van der Waals surface area contributed by atoms with Crippen molar-refractivity contribution < 1.29 is 0 Å². The number of pyridine rings is 1. The molecule has 0 aliphatic heterocycles. The molecule has 0 amide bonds. The molecule has 0 saturated heterocycles. The van der Waals surface area contributed by atoms with Crippen molar-refractivity contribution >= 4 is 39.1 Å². The van der Waals surface area contributed by atoms with Crippen molar-refractivity contribution in [3.63, 3.8) is 0 Å². The Labute approximate surface area is 125 Å². The van der Waals surface area contributed by atoms with E-state index in [-0.39, 0.29) is 11.3 Å². The van der Waals surface area contributed by atoms with Gasteiger partial charge in [-0.25, -0.2) is 0 Å². The Hall–Kier alpha value is -0.570. The molecule has 0 saturated carbocycles. The molecule has 2 unspecified atom stereocenters. The van der Waals surface area contributed by atoms with Gasteiger partial charge in [-0.05, 0) is 41.5 Å². The fourth-order valence-corrected chi connectivity index (χ4v) is 2.83. The Balaban J connectivity index is 2.31. The summed E-state index contributed by atoms with van der Waals surface area (Å²) in [6, 6.07) is 9.69. The Kier molecular flexibility index (Phi) is 4.66. The summed E-state index contributed by atoms with van der Waals surface area (Å²) in [5.41, 5.74) is 2.10. The predicted molar refractivity (Wildman–Crippen MR) is 80.4 cm³/mol. The molecule has 18 heavy (non-hydrogen) atoms. The lowest BCUT2D eigenvalue weighted by Crippen LogP contribution is -2.03. The monoisotopic (exact) mass is 343 g/mol. The van der Waals surface area contributed by atoms with Crippen LogP contribution in [-0.4, -0.2) is 4.98 Å². The molecule has 0 fully saturated rings. The van der Waals surface area contributed by atoms with Crippen LogP contribution in [0.3, 0.4) is 0 Å². The highest BCUT2D eigenvalue weighted by atomic mass is 79.9. The van der Waals surface area contributed by atoms with Crippen LogP contribution in [0.2, 0.25) is 5.02 Å².